The molecule has 1 aromatic rings. The quantitative estimate of drug-likeness (QED) is 0.810. The zero-order valence-corrected chi connectivity index (χ0v) is 10.2. The third-order valence-corrected chi connectivity index (χ3v) is 3.24. The largest absolute Gasteiger partial charge is 0.396 e. The van der Waals surface area contributed by atoms with Gasteiger partial charge in [0, 0.05) is 19.1 Å². The molecule has 1 aromatic heterocycles. The van der Waals surface area contributed by atoms with E-state index in [1.165, 1.54) is 0 Å². The summed E-state index contributed by atoms with van der Waals surface area (Å²) >= 11 is 0. The van der Waals surface area contributed by atoms with E-state index in [-0.39, 0.29) is 0 Å². The maximum Gasteiger partial charge on any atom is 0.165 e. The summed E-state index contributed by atoms with van der Waals surface area (Å²) < 4.78 is 0. The molecule has 0 amide bonds. The summed E-state index contributed by atoms with van der Waals surface area (Å²) in [5.74, 6) is 0.847. The molecule has 1 aliphatic heterocycles. The Morgan fingerprint density at radius 3 is 2.88 bits per heavy atom. The number of nitrogen functional groups attached to an aromatic ring is 1. The van der Waals surface area contributed by atoms with Gasteiger partial charge < -0.3 is 15.5 Å². The van der Waals surface area contributed by atoms with E-state index in [1.54, 1.807) is 6.07 Å². The highest BCUT2D eigenvalue weighted by Crippen LogP contribution is 2.22. The standard InChI is InChI=1S/C12H17N5/c1-16(2)9-5-6-17(8-9)12-4-3-10(14)11(7-13)15-12/h3-4,9H,5-6,8,14H2,1-2H3. The SMILES string of the molecule is CN(C)C1CCN(c2ccc(N)c(C#N)n2)C1. The van der Waals surface area contributed by atoms with Crippen LogP contribution in [-0.4, -0.2) is 43.1 Å². The van der Waals surface area contributed by atoms with E-state index >= 15 is 0 Å². The van der Waals surface area contributed by atoms with Crippen molar-refractivity contribution >= 4 is 11.5 Å². The summed E-state index contributed by atoms with van der Waals surface area (Å²) in [4.78, 5) is 8.71. The van der Waals surface area contributed by atoms with Crippen molar-refractivity contribution in [3.63, 3.8) is 0 Å². The number of nitrogens with two attached hydrogens (primary N) is 1. The number of hydrogen-bond donors (Lipinski definition) is 1. The molecule has 0 saturated carbocycles. The Morgan fingerprint density at radius 1 is 1.53 bits per heavy atom. The zero-order valence-electron chi connectivity index (χ0n) is 10.2. The van der Waals surface area contributed by atoms with Gasteiger partial charge in [-0.15, -0.1) is 0 Å². The maximum atomic E-state index is 8.91. The van der Waals surface area contributed by atoms with E-state index in [0.717, 1.165) is 25.3 Å². The predicted octanol–water partition coefficient (Wildman–Crippen LogP) is 0.676. The molecule has 0 radical (unpaired) electrons. The molecule has 2 rings (SSSR count). The number of likely N-dealkylation sites (N-methyl/N-ethyl adjacent to an activating group) is 1. The molecule has 1 aliphatic rings. The summed E-state index contributed by atoms with van der Waals surface area (Å²) in [5, 5.41) is 8.91. The fourth-order valence-electron chi connectivity index (χ4n) is 2.10. The second kappa shape index (κ2) is 4.60. The van der Waals surface area contributed by atoms with Gasteiger partial charge in [-0.2, -0.15) is 5.26 Å². The van der Waals surface area contributed by atoms with Crippen molar-refractivity contribution in [2.24, 2.45) is 0 Å². The van der Waals surface area contributed by atoms with Crippen LogP contribution < -0.4 is 10.6 Å². The van der Waals surface area contributed by atoms with Gasteiger partial charge in [0.25, 0.3) is 0 Å². The normalized spacial score (nSPS) is 19.6. The van der Waals surface area contributed by atoms with Crippen molar-refractivity contribution in [2.75, 3.05) is 37.8 Å². The highest BCUT2D eigenvalue weighted by atomic mass is 15.3. The Kier molecular flexibility index (Phi) is 3.16. The molecule has 1 unspecified atom stereocenters. The molecule has 2 heterocycles. The zero-order chi connectivity index (χ0) is 12.4. The number of rotatable bonds is 2. The molecule has 5 nitrogen and oxygen atoms in total. The van der Waals surface area contributed by atoms with Crippen LogP contribution in [0, 0.1) is 11.3 Å². The molecule has 5 heteroatoms. The Bertz CT molecular complexity index is 449. The van der Waals surface area contributed by atoms with E-state index in [9.17, 15) is 0 Å². The van der Waals surface area contributed by atoms with Crippen LogP contribution in [0.1, 0.15) is 12.1 Å². The van der Waals surface area contributed by atoms with Crippen LogP contribution >= 0.6 is 0 Å². The summed E-state index contributed by atoms with van der Waals surface area (Å²) in [7, 11) is 4.18. The molecule has 0 aliphatic carbocycles. The molecule has 90 valence electrons. The fourth-order valence-corrected chi connectivity index (χ4v) is 2.10. The lowest BCUT2D eigenvalue weighted by atomic mass is 10.2. The van der Waals surface area contributed by atoms with E-state index in [0.29, 0.717) is 17.4 Å². The van der Waals surface area contributed by atoms with E-state index < -0.39 is 0 Å². The maximum absolute atomic E-state index is 8.91. The molecule has 0 aromatic carbocycles. The van der Waals surface area contributed by atoms with Gasteiger partial charge in [0.05, 0.1) is 5.69 Å². The minimum atomic E-state index is 0.316. The van der Waals surface area contributed by atoms with Gasteiger partial charge in [0.15, 0.2) is 5.69 Å². The van der Waals surface area contributed by atoms with Crippen molar-refractivity contribution in [1.82, 2.24) is 9.88 Å². The Hall–Kier alpha value is -1.80. The Balaban J connectivity index is 2.17. The third-order valence-electron chi connectivity index (χ3n) is 3.24. The van der Waals surface area contributed by atoms with Gasteiger partial charge in [-0.1, -0.05) is 0 Å². The van der Waals surface area contributed by atoms with Crippen LogP contribution in [0.3, 0.4) is 0 Å². The smallest absolute Gasteiger partial charge is 0.165 e. The molecule has 2 N–H and O–H groups in total. The van der Waals surface area contributed by atoms with Crippen molar-refractivity contribution in [2.45, 2.75) is 12.5 Å². The number of pyridine rings is 1. The average Bonchev–Trinajstić information content (AvgIpc) is 2.79. The van der Waals surface area contributed by atoms with Crippen molar-refractivity contribution in [3.05, 3.63) is 17.8 Å². The fraction of sp³-hybridized carbons (Fsp3) is 0.500. The van der Waals surface area contributed by atoms with Gasteiger partial charge in [0.2, 0.25) is 0 Å². The molecule has 1 atom stereocenters. The van der Waals surface area contributed by atoms with Crippen LogP contribution in [0.25, 0.3) is 0 Å². The first-order valence-corrected chi connectivity index (χ1v) is 5.70. The molecule has 1 fully saturated rings. The average molecular weight is 231 g/mol. The summed E-state index contributed by atoms with van der Waals surface area (Å²) in [5.41, 5.74) is 6.42. The Labute approximate surface area is 101 Å². The van der Waals surface area contributed by atoms with E-state index in [4.69, 9.17) is 11.0 Å². The van der Waals surface area contributed by atoms with E-state index in [1.807, 2.05) is 12.1 Å². The number of nitriles is 1. The molecule has 0 spiro atoms. The lowest BCUT2D eigenvalue weighted by Gasteiger charge is -2.21. The number of hydrogen-bond acceptors (Lipinski definition) is 5. The van der Waals surface area contributed by atoms with Crippen molar-refractivity contribution in [3.8, 4) is 6.07 Å². The molecular weight excluding hydrogens is 214 g/mol. The summed E-state index contributed by atoms with van der Waals surface area (Å²) in [6, 6.07) is 6.21. The van der Waals surface area contributed by atoms with Crippen LogP contribution in [0.4, 0.5) is 11.5 Å². The van der Waals surface area contributed by atoms with Crippen LogP contribution in [0.2, 0.25) is 0 Å². The second-order valence-electron chi connectivity index (χ2n) is 4.57. The lowest BCUT2D eigenvalue weighted by molar-refractivity contribution is 0.315. The van der Waals surface area contributed by atoms with E-state index in [2.05, 4.69) is 28.9 Å². The number of nitrogens with zero attached hydrogens (tertiary/aromatic N) is 4. The van der Waals surface area contributed by atoms with Gasteiger partial charge in [0.1, 0.15) is 11.9 Å². The first-order valence-electron chi connectivity index (χ1n) is 5.70. The number of aromatic nitrogens is 1. The minimum absolute atomic E-state index is 0.316. The Morgan fingerprint density at radius 2 is 2.29 bits per heavy atom. The number of anilines is 2. The lowest BCUT2D eigenvalue weighted by Crippen LogP contribution is -2.31. The topological polar surface area (TPSA) is 69.2 Å². The molecular formula is C12H17N5. The monoisotopic (exact) mass is 231 g/mol. The minimum Gasteiger partial charge on any atom is -0.396 e. The van der Waals surface area contributed by atoms with Crippen molar-refractivity contribution < 1.29 is 0 Å². The summed E-state index contributed by atoms with van der Waals surface area (Å²) in [6.45, 7) is 1.93. The van der Waals surface area contributed by atoms with Gasteiger partial charge in [-0.25, -0.2) is 4.98 Å². The predicted molar refractivity (Wildman–Crippen MR) is 67.7 cm³/mol. The van der Waals surface area contributed by atoms with Crippen LogP contribution in [0.15, 0.2) is 12.1 Å². The van der Waals surface area contributed by atoms with Gasteiger partial charge in [-0.3, -0.25) is 0 Å². The first-order chi connectivity index (χ1) is 8.11. The van der Waals surface area contributed by atoms with Gasteiger partial charge >= 0.3 is 0 Å². The van der Waals surface area contributed by atoms with Crippen LogP contribution in [-0.2, 0) is 0 Å². The first kappa shape index (κ1) is 11.7. The second-order valence-corrected chi connectivity index (χ2v) is 4.57. The third kappa shape index (κ3) is 2.32. The van der Waals surface area contributed by atoms with Gasteiger partial charge in [-0.05, 0) is 32.6 Å². The molecule has 0 bridgehead atoms. The van der Waals surface area contributed by atoms with Crippen LogP contribution in [0.5, 0.6) is 0 Å². The molecule has 17 heavy (non-hydrogen) atoms. The van der Waals surface area contributed by atoms with Crippen molar-refractivity contribution in [1.29, 1.82) is 5.26 Å². The summed E-state index contributed by atoms with van der Waals surface area (Å²) in [6.07, 6.45) is 1.13. The highest BCUT2D eigenvalue weighted by Gasteiger charge is 2.25. The molecule has 1 saturated heterocycles. The highest BCUT2D eigenvalue weighted by molar-refractivity contribution is 5.55.